The molecule has 3 atom stereocenters. The Bertz CT molecular complexity index is 1130. The molecule has 7 nitrogen and oxygen atoms in total. The fraction of sp³-hybridized carbons (Fsp3) is 0.630. The Balaban J connectivity index is 2.10. The maximum atomic E-state index is 13.5. The molecule has 36 heavy (non-hydrogen) atoms. The fourth-order valence-electron chi connectivity index (χ4n) is 5.09. The minimum Gasteiger partial charge on any atom is -0.372 e. The summed E-state index contributed by atoms with van der Waals surface area (Å²) in [6.45, 7) is 14.3. The van der Waals surface area contributed by atoms with Crippen LogP contribution in [0.1, 0.15) is 77.0 Å². The molecular weight excluding hydrogens is 492 g/mol. The molecule has 1 amide bonds. The molecule has 3 rings (SSSR count). The number of ether oxygens (including phenoxy) is 1. The topological polar surface area (TPSA) is 78.6 Å². The first-order valence-corrected chi connectivity index (χ1v) is 14.2. The molecule has 0 spiro atoms. The predicted octanol–water partition coefficient (Wildman–Crippen LogP) is 5.08. The van der Waals surface area contributed by atoms with Gasteiger partial charge in [0.15, 0.2) is 0 Å². The summed E-state index contributed by atoms with van der Waals surface area (Å²) in [5.74, 6) is 1.05. The molecular formula is C27H38N4O3S2. The lowest BCUT2D eigenvalue weighted by Gasteiger charge is -2.39. The van der Waals surface area contributed by atoms with Crippen molar-refractivity contribution < 1.29 is 9.53 Å². The lowest BCUT2D eigenvalue weighted by Crippen LogP contribution is -2.48. The van der Waals surface area contributed by atoms with Gasteiger partial charge < -0.3 is 9.64 Å². The van der Waals surface area contributed by atoms with E-state index in [0.29, 0.717) is 46.9 Å². The fourth-order valence-corrected chi connectivity index (χ4v) is 6.35. The number of hydrogen-bond donors (Lipinski definition) is 0. The van der Waals surface area contributed by atoms with Crippen molar-refractivity contribution in [3.05, 3.63) is 31.9 Å². The number of hydrogen-bond acceptors (Lipinski definition) is 7. The zero-order chi connectivity index (χ0) is 26.6. The van der Waals surface area contributed by atoms with Gasteiger partial charge in [0.1, 0.15) is 21.8 Å². The van der Waals surface area contributed by atoms with Gasteiger partial charge in [0.25, 0.3) is 11.5 Å². The number of nitrogens with zero attached hydrogens (tertiary/aromatic N) is 4. The van der Waals surface area contributed by atoms with Gasteiger partial charge in [0.2, 0.25) is 0 Å². The predicted molar refractivity (Wildman–Crippen MR) is 151 cm³/mol. The highest BCUT2D eigenvalue weighted by atomic mass is 32.2. The molecule has 3 heterocycles. The molecule has 0 aliphatic carbocycles. The van der Waals surface area contributed by atoms with Crippen LogP contribution in [0, 0.1) is 24.2 Å². The van der Waals surface area contributed by atoms with Crippen LogP contribution in [-0.2, 0) is 16.1 Å². The van der Waals surface area contributed by atoms with Crippen LogP contribution in [0.15, 0.2) is 9.70 Å². The molecule has 0 radical (unpaired) electrons. The highest BCUT2D eigenvalue weighted by molar-refractivity contribution is 8.26. The minimum atomic E-state index is -0.300. The van der Waals surface area contributed by atoms with Crippen LogP contribution in [0.4, 0.5) is 5.82 Å². The quantitative estimate of drug-likeness (QED) is 0.325. The molecule has 0 saturated carbocycles. The smallest absolute Gasteiger partial charge is 0.270 e. The average molecular weight is 531 g/mol. The first-order valence-electron chi connectivity index (χ1n) is 13.0. The number of unbranched alkanes of at least 4 members (excludes halogenated alkanes) is 1. The molecule has 1 aromatic heterocycles. The molecule has 9 heteroatoms. The summed E-state index contributed by atoms with van der Waals surface area (Å²) in [4.78, 5) is 31.2. The summed E-state index contributed by atoms with van der Waals surface area (Å²) in [6.07, 6.45) is 6.16. The van der Waals surface area contributed by atoms with E-state index >= 15 is 0 Å². The van der Waals surface area contributed by atoms with Crippen molar-refractivity contribution in [1.29, 1.82) is 5.26 Å². The monoisotopic (exact) mass is 530 g/mol. The summed E-state index contributed by atoms with van der Waals surface area (Å²) in [7, 11) is 0. The van der Waals surface area contributed by atoms with Gasteiger partial charge in [-0.2, -0.15) is 5.26 Å². The van der Waals surface area contributed by atoms with Gasteiger partial charge in [-0.1, -0.05) is 57.1 Å². The van der Waals surface area contributed by atoms with Crippen molar-refractivity contribution in [1.82, 2.24) is 9.47 Å². The highest BCUT2D eigenvalue weighted by Gasteiger charge is 2.35. The van der Waals surface area contributed by atoms with Crippen LogP contribution in [-0.4, -0.2) is 51.5 Å². The number of pyridine rings is 1. The number of carbonyl (C=O) groups is 1. The largest absolute Gasteiger partial charge is 0.372 e. The average Bonchev–Trinajstić information content (AvgIpc) is 3.09. The Morgan fingerprint density at radius 3 is 2.44 bits per heavy atom. The van der Waals surface area contributed by atoms with Crippen LogP contribution >= 0.6 is 24.0 Å². The molecule has 2 saturated heterocycles. The SMILES string of the molecule is CCCCC(CC)CN1C(=O)/C(=C\c2c(C)c(C#N)c(=O)n(CC)c2N2CC(C)OC(C)C2)SC1=S. The lowest BCUT2D eigenvalue weighted by molar-refractivity contribution is -0.122. The van der Waals surface area contributed by atoms with Crippen LogP contribution in [0.5, 0.6) is 0 Å². The number of anilines is 1. The molecule has 0 bridgehead atoms. The van der Waals surface area contributed by atoms with Gasteiger partial charge in [-0.05, 0) is 51.7 Å². The minimum absolute atomic E-state index is 0.00901. The van der Waals surface area contributed by atoms with Gasteiger partial charge >= 0.3 is 0 Å². The van der Waals surface area contributed by atoms with Gasteiger partial charge in [-0.3, -0.25) is 19.1 Å². The Hall–Kier alpha value is -2.15. The molecule has 196 valence electrons. The summed E-state index contributed by atoms with van der Waals surface area (Å²) < 4.78 is 8.15. The standard InChI is InChI=1S/C27H38N4O3S2/c1-7-10-11-20(8-2)16-31-26(33)23(36-27(31)35)12-21-19(6)22(13-28)25(32)30(9-3)24(21)29-14-17(4)34-18(5)15-29/h12,17-18,20H,7-11,14-16H2,1-6H3/b23-12+. The van der Waals surface area contributed by atoms with E-state index in [0.717, 1.165) is 37.1 Å². The maximum absolute atomic E-state index is 13.5. The van der Waals surface area contributed by atoms with E-state index in [9.17, 15) is 14.9 Å². The van der Waals surface area contributed by atoms with Gasteiger partial charge in [0, 0.05) is 31.7 Å². The Labute approximate surface area is 224 Å². The van der Waals surface area contributed by atoms with Crippen LogP contribution < -0.4 is 10.5 Å². The zero-order valence-corrected chi connectivity index (χ0v) is 23.9. The van der Waals surface area contributed by atoms with E-state index in [1.807, 2.05) is 26.8 Å². The van der Waals surface area contributed by atoms with Gasteiger partial charge in [-0.25, -0.2) is 0 Å². The lowest BCUT2D eigenvalue weighted by atomic mass is 9.99. The number of thioether (sulfide) groups is 1. The van der Waals surface area contributed by atoms with E-state index < -0.39 is 0 Å². The van der Waals surface area contributed by atoms with Crippen LogP contribution in [0.3, 0.4) is 0 Å². The third kappa shape index (κ3) is 5.87. The van der Waals surface area contributed by atoms with Crippen molar-refractivity contribution in [2.75, 3.05) is 24.5 Å². The third-order valence-corrected chi connectivity index (χ3v) is 8.39. The van der Waals surface area contributed by atoms with Crippen molar-refractivity contribution >= 4 is 46.1 Å². The van der Waals surface area contributed by atoms with E-state index in [1.54, 1.807) is 16.4 Å². The Kier molecular flexibility index (Phi) is 9.79. The second kappa shape index (κ2) is 12.4. The second-order valence-corrected chi connectivity index (χ2v) is 11.4. The summed E-state index contributed by atoms with van der Waals surface area (Å²) in [5.41, 5.74) is 1.13. The maximum Gasteiger partial charge on any atom is 0.270 e. The number of aromatic nitrogens is 1. The number of amides is 1. The zero-order valence-electron chi connectivity index (χ0n) is 22.3. The molecule has 2 aliphatic rings. The van der Waals surface area contributed by atoms with Crippen molar-refractivity contribution in [2.45, 2.75) is 86.0 Å². The van der Waals surface area contributed by atoms with Crippen molar-refractivity contribution in [2.24, 2.45) is 5.92 Å². The molecule has 0 aromatic carbocycles. The Morgan fingerprint density at radius 1 is 1.22 bits per heavy atom. The first-order chi connectivity index (χ1) is 17.2. The number of rotatable bonds is 9. The first kappa shape index (κ1) is 28.4. The molecule has 2 fully saturated rings. The number of morpholine rings is 1. The summed E-state index contributed by atoms with van der Waals surface area (Å²) >= 11 is 6.93. The molecule has 0 N–H and O–H groups in total. The summed E-state index contributed by atoms with van der Waals surface area (Å²) in [5, 5.41) is 9.80. The van der Waals surface area contributed by atoms with E-state index in [2.05, 4.69) is 24.8 Å². The molecule has 1 aromatic rings. The second-order valence-electron chi connectivity index (χ2n) is 9.77. The Morgan fingerprint density at radius 2 is 1.89 bits per heavy atom. The third-order valence-electron chi connectivity index (χ3n) is 7.01. The van der Waals surface area contributed by atoms with Gasteiger partial charge in [-0.15, -0.1) is 0 Å². The van der Waals surface area contributed by atoms with Crippen LogP contribution in [0.25, 0.3) is 6.08 Å². The van der Waals surface area contributed by atoms with E-state index in [1.165, 1.54) is 11.8 Å². The van der Waals surface area contributed by atoms with Crippen molar-refractivity contribution in [3.8, 4) is 6.07 Å². The number of carbonyl (C=O) groups excluding carboxylic acids is 1. The number of thiocarbonyl (C=S) groups is 1. The highest BCUT2D eigenvalue weighted by Crippen LogP contribution is 2.37. The van der Waals surface area contributed by atoms with E-state index in [4.69, 9.17) is 17.0 Å². The van der Waals surface area contributed by atoms with Crippen LogP contribution in [0.2, 0.25) is 0 Å². The van der Waals surface area contributed by atoms with Crippen molar-refractivity contribution in [3.63, 3.8) is 0 Å². The number of nitriles is 1. The molecule has 3 unspecified atom stereocenters. The van der Waals surface area contributed by atoms with E-state index in [-0.39, 0.29) is 29.2 Å². The molecule has 2 aliphatic heterocycles. The van der Waals surface area contributed by atoms with Gasteiger partial charge in [0.05, 0.1) is 17.1 Å². The summed E-state index contributed by atoms with van der Waals surface area (Å²) in [6, 6.07) is 2.10. The normalized spacial score (nSPS) is 22.4.